The van der Waals surface area contributed by atoms with Gasteiger partial charge in [-0.25, -0.2) is 0 Å². The maximum absolute atomic E-state index is 9.60. The van der Waals surface area contributed by atoms with Gasteiger partial charge in [-0.2, -0.15) is 0 Å². The average molecular weight is 270 g/mol. The smallest absolute Gasteiger partial charge is 0.0629 e. The summed E-state index contributed by atoms with van der Waals surface area (Å²) in [5, 5.41) is 9.60. The van der Waals surface area contributed by atoms with Crippen molar-refractivity contribution in [2.24, 2.45) is 11.1 Å². The van der Waals surface area contributed by atoms with Crippen LogP contribution < -0.4 is 5.73 Å². The Kier molecular flexibility index (Phi) is 5.63. The van der Waals surface area contributed by atoms with Gasteiger partial charge in [-0.3, -0.25) is 4.90 Å². The van der Waals surface area contributed by atoms with E-state index >= 15 is 0 Å². The Bertz CT molecular complexity index is 257. The number of nitrogens with zero attached hydrogens (tertiary/aromatic N) is 1. The zero-order valence-electron chi connectivity index (χ0n) is 12.3. The van der Waals surface area contributed by atoms with Crippen LogP contribution in [0.4, 0.5) is 0 Å². The predicted octanol–water partition coefficient (Wildman–Crippen LogP) is 1.37. The van der Waals surface area contributed by atoms with Crippen molar-refractivity contribution in [3.63, 3.8) is 0 Å². The third-order valence-electron chi connectivity index (χ3n) is 5.28. The van der Waals surface area contributed by atoms with Crippen LogP contribution in [0.5, 0.6) is 0 Å². The number of ether oxygens (including phenoxy) is 1. The fraction of sp³-hybridized carbons (Fsp3) is 1.00. The van der Waals surface area contributed by atoms with Crippen LogP contribution in [0.25, 0.3) is 0 Å². The highest BCUT2D eigenvalue weighted by Gasteiger charge is 2.37. The molecule has 2 rings (SSSR count). The van der Waals surface area contributed by atoms with E-state index in [0.717, 1.165) is 13.1 Å². The highest BCUT2D eigenvalue weighted by molar-refractivity contribution is 4.92. The van der Waals surface area contributed by atoms with Gasteiger partial charge >= 0.3 is 0 Å². The Morgan fingerprint density at radius 1 is 1.16 bits per heavy atom. The first kappa shape index (κ1) is 15.2. The maximum Gasteiger partial charge on any atom is 0.0629 e. The number of methoxy groups -OCH3 is 1. The maximum atomic E-state index is 9.60. The standard InChI is InChI=1S/C15H30N2O2/c1-19-12-13(16)14(11-18)17-9-7-15(8-10-17)5-3-2-4-6-15/h13-14,18H,2-12,16H2,1H3. The van der Waals surface area contributed by atoms with Gasteiger partial charge in [-0.15, -0.1) is 0 Å². The molecule has 2 atom stereocenters. The number of nitrogens with two attached hydrogens (primary N) is 1. The summed E-state index contributed by atoms with van der Waals surface area (Å²) in [5.41, 5.74) is 6.72. The lowest BCUT2D eigenvalue weighted by Crippen LogP contribution is -2.55. The fourth-order valence-corrected chi connectivity index (χ4v) is 3.96. The molecule has 0 amide bonds. The monoisotopic (exact) mass is 270 g/mol. The molecule has 0 bridgehead atoms. The van der Waals surface area contributed by atoms with Gasteiger partial charge in [-0.1, -0.05) is 19.3 Å². The molecular weight excluding hydrogens is 240 g/mol. The first-order chi connectivity index (χ1) is 9.21. The summed E-state index contributed by atoms with van der Waals surface area (Å²) in [7, 11) is 1.67. The molecule has 1 spiro atoms. The third-order valence-corrected chi connectivity index (χ3v) is 5.28. The molecular formula is C15H30N2O2. The van der Waals surface area contributed by atoms with Crippen molar-refractivity contribution in [1.82, 2.24) is 4.90 Å². The van der Waals surface area contributed by atoms with Gasteiger partial charge in [0.1, 0.15) is 0 Å². The van der Waals surface area contributed by atoms with Crippen LogP contribution in [-0.4, -0.2) is 55.5 Å². The number of piperidine rings is 1. The summed E-state index contributed by atoms with van der Waals surface area (Å²) in [6.45, 7) is 2.83. The lowest BCUT2D eigenvalue weighted by molar-refractivity contribution is 0.00966. The van der Waals surface area contributed by atoms with Gasteiger partial charge in [0.05, 0.1) is 19.3 Å². The molecule has 1 aliphatic carbocycles. The molecule has 2 fully saturated rings. The second-order valence-electron chi connectivity index (χ2n) is 6.47. The summed E-state index contributed by atoms with van der Waals surface area (Å²) >= 11 is 0. The van der Waals surface area contributed by atoms with Gasteiger partial charge in [0.2, 0.25) is 0 Å². The average Bonchev–Trinajstić information content (AvgIpc) is 2.43. The van der Waals surface area contributed by atoms with Crippen LogP contribution in [0.2, 0.25) is 0 Å². The van der Waals surface area contributed by atoms with Crippen molar-refractivity contribution in [3.05, 3.63) is 0 Å². The van der Waals surface area contributed by atoms with Crippen molar-refractivity contribution >= 4 is 0 Å². The van der Waals surface area contributed by atoms with Crippen LogP contribution >= 0.6 is 0 Å². The molecule has 1 saturated carbocycles. The molecule has 0 radical (unpaired) electrons. The van der Waals surface area contributed by atoms with E-state index in [9.17, 15) is 5.11 Å². The summed E-state index contributed by atoms with van der Waals surface area (Å²) < 4.78 is 5.12. The molecule has 3 N–H and O–H groups in total. The molecule has 1 aliphatic heterocycles. The predicted molar refractivity (Wildman–Crippen MR) is 77.1 cm³/mol. The third kappa shape index (κ3) is 3.69. The SMILES string of the molecule is COCC(N)C(CO)N1CCC2(CCCCC2)CC1. The highest BCUT2D eigenvalue weighted by atomic mass is 16.5. The lowest BCUT2D eigenvalue weighted by atomic mass is 9.68. The van der Waals surface area contributed by atoms with Crippen molar-refractivity contribution in [2.75, 3.05) is 33.4 Å². The number of likely N-dealkylation sites (tertiary alicyclic amines) is 1. The molecule has 0 aromatic heterocycles. The number of aliphatic hydroxyl groups is 1. The first-order valence-electron chi connectivity index (χ1n) is 7.80. The van der Waals surface area contributed by atoms with Crippen LogP contribution in [0.1, 0.15) is 44.9 Å². The Morgan fingerprint density at radius 2 is 1.79 bits per heavy atom. The fourth-order valence-electron chi connectivity index (χ4n) is 3.96. The normalized spacial score (nSPS) is 27.3. The van der Waals surface area contributed by atoms with E-state index in [1.807, 2.05) is 0 Å². The quantitative estimate of drug-likeness (QED) is 0.792. The van der Waals surface area contributed by atoms with E-state index in [-0.39, 0.29) is 18.7 Å². The van der Waals surface area contributed by atoms with E-state index in [4.69, 9.17) is 10.5 Å². The zero-order chi connectivity index (χ0) is 13.7. The van der Waals surface area contributed by atoms with E-state index in [0.29, 0.717) is 12.0 Å². The minimum atomic E-state index is -0.0876. The molecule has 19 heavy (non-hydrogen) atoms. The molecule has 2 aliphatic rings. The van der Waals surface area contributed by atoms with Gasteiger partial charge in [0, 0.05) is 13.2 Å². The van der Waals surface area contributed by atoms with Gasteiger partial charge in [-0.05, 0) is 44.2 Å². The number of hydrogen-bond donors (Lipinski definition) is 2. The zero-order valence-corrected chi connectivity index (χ0v) is 12.3. The molecule has 0 aromatic carbocycles. The van der Waals surface area contributed by atoms with Crippen LogP contribution in [0.15, 0.2) is 0 Å². The van der Waals surface area contributed by atoms with Crippen LogP contribution in [-0.2, 0) is 4.74 Å². The Morgan fingerprint density at radius 3 is 2.32 bits per heavy atom. The lowest BCUT2D eigenvalue weighted by Gasteiger charge is -2.47. The number of rotatable bonds is 5. The minimum Gasteiger partial charge on any atom is -0.395 e. The van der Waals surface area contributed by atoms with E-state index in [2.05, 4.69) is 4.90 Å². The van der Waals surface area contributed by atoms with Crippen molar-refractivity contribution < 1.29 is 9.84 Å². The number of hydrogen-bond acceptors (Lipinski definition) is 4. The molecule has 1 heterocycles. The number of aliphatic hydroxyl groups excluding tert-OH is 1. The minimum absolute atomic E-state index is 0.0564. The van der Waals surface area contributed by atoms with E-state index < -0.39 is 0 Å². The summed E-state index contributed by atoms with van der Waals surface area (Å²) in [6.07, 6.45) is 9.62. The molecule has 112 valence electrons. The molecule has 1 saturated heterocycles. The molecule has 4 nitrogen and oxygen atoms in total. The Labute approximate surface area is 117 Å². The van der Waals surface area contributed by atoms with Crippen LogP contribution in [0.3, 0.4) is 0 Å². The topological polar surface area (TPSA) is 58.7 Å². The van der Waals surface area contributed by atoms with E-state index in [1.54, 1.807) is 7.11 Å². The summed E-state index contributed by atoms with van der Waals surface area (Å²) in [5.74, 6) is 0. The van der Waals surface area contributed by atoms with Crippen molar-refractivity contribution in [2.45, 2.75) is 57.0 Å². The molecule has 2 unspecified atom stereocenters. The molecule has 0 aromatic rings. The summed E-state index contributed by atoms with van der Waals surface area (Å²) in [4.78, 5) is 2.38. The summed E-state index contributed by atoms with van der Waals surface area (Å²) in [6, 6.07) is -0.0312. The van der Waals surface area contributed by atoms with Gasteiger partial charge in [0.15, 0.2) is 0 Å². The van der Waals surface area contributed by atoms with Gasteiger partial charge in [0.25, 0.3) is 0 Å². The molecule has 4 heteroatoms. The largest absolute Gasteiger partial charge is 0.395 e. The van der Waals surface area contributed by atoms with Gasteiger partial charge < -0.3 is 15.6 Å². The second kappa shape index (κ2) is 7.02. The van der Waals surface area contributed by atoms with Crippen molar-refractivity contribution in [3.8, 4) is 0 Å². The Hall–Kier alpha value is -0.160. The Balaban J connectivity index is 1.87. The highest BCUT2D eigenvalue weighted by Crippen LogP contribution is 2.44. The first-order valence-corrected chi connectivity index (χ1v) is 7.80. The second-order valence-corrected chi connectivity index (χ2v) is 6.47. The van der Waals surface area contributed by atoms with E-state index in [1.165, 1.54) is 44.9 Å². The van der Waals surface area contributed by atoms with Crippen LogP contribution in [0, 0.1) is 5.41 Å². The van der Waals surface area contributed by atoms with Crippen molar-refractivity contribution in [1.29, 1.82) is 0 Å².